The fourth-order valence-corrected chi connectivity index (χ4v) is 4.89. The van der Waals surface area contributed by atoms with Crippen LogP contribution in [0.2, 0.25) is 5.02 Å². The largest absolute Gasteiger partial charge is 0.378 e. The highest BCUT2D eigenvalue weighted by molar-refractivity contribution is 7.93. The summed E-state index contributed by atoms with van der Waals surface area (Å²) in [6.45, 7) is 3.82. The number of hydrogen-bond donors (Lipinski definition) is 2. The molecule has 1 saturated heterocycles. The van der Waals surface area contributed by atoms with Gasteiger partial charge in [0.05, 0.1) is 41.5 Å². The van der Waals surface area contributed by atoms with Crippen LogP contribution in [-0.2, 0) is 14.8 Å². The van der Waals surface area contributed by atoms with Gasteiger partial charge in [0.1, 0.15) is 10.6 Å². The van der Waals surface area contributed by atoms with E-state index in [2.05, 4.69) is 20.0 Å². The first-order valence-corrected chi connectivity index (χ1v) is 12.0. The number of nitrogens with zero attached hydrogens (tertiary/aromatic N) is 3. The molecule has 4 rings (SSSR count). The number of ether oxygens (including phenoxy) is 1. The van der Waals surface area contributed by atoms with Crippen molar-refractivity contribution < 1.29 is 17.9 Å². The fourth-order valence-electron chi connectivity index (χ4n) is 3.32. The molecule has 0 bridgehead atoms. The number of halogens is 1. The Bertz CT molecular complexity index is 1260. The number of morpholine rings is 1. The molecule has 3 aromatic rings. The molecule has 0 radical (unpaired) electrons. The van der Waals surface area contributed by atoms with E-state index in [0.717, 1.165) is 0 Å². The van der Waals surface area contributed by atoms with Crippen LogP contribution in [0.4, 0.5) is 17.1 Å². The molecule has 0 atom stereocenters. The Morgan fingerprint density at radius 2 is 1.85 bits per heavy atom. The fraction of sp³-hybridized carbons (Fsp3) is 0.227. The molecule has 1 fully saturated rings. The summed E-state index contributed by atoms with van der Waals surface area (Å²) in [6.07, 6.45) is 2.85. The van der Waals surface area contributed by atoms with E-state index in [1.165, 1.54) is 18.5 Å². The lowest BCUT2D eigenvalue weighted by Gasteiger charge is -2.30. The predicted octanol–water partition coefficient (Wildman–Crippen LogP) is 3.33. The molecular formula is C22H22ClN5O4S. The number of carbonyl (C=O) groups is 1. The topological polar surface area (TPSA) is 114 Å². The molecular weight excluding hydrogens is 466 g/mol. The highest BCUT2D eigenvalue weighted by atomic mass is 35.5. The Labute approximate surface area is 196 Å². The average Bonchev–Trinajstić information content (AvgIpc) is 2.81. The number of rotatable bonds is 6. The summed E-state index contributed by atoms with van der Waals surface area (Å²) >= 11 is 6.16. The number of carbonyl (C=O) groups excluding carboxylic acids is 1. The second-order valence-electron chi connectivity index (χ2n) is 7.36. The van der Waals surface area contributed by atoms with Gasteiger partial charge >= 0.3 is 0 Å². The van der Waals surface area contributed by atoms with Gasteiger partial charge in [-0.25, -0.2) is 13.4 Å². The summed E-state index contributed by atoms with van der Waals surface area (Å²) in [4.78, 5) is 22.7. The minimum Gasteiger partial charge on any atom is -0.378 e. The molecule has 2 N–H and O–H groups in total. The van der Waals surface area contributed by atoms with Crippen molar-refractivity contribution in [2.75, 3.05) is 41.2 Å². The maximum atomic E-state index is 13.4. The Kier molecular flexibility index (Phi) is 6.77. The van der Waals surface area contributed by atoms with Crippen LogP contribution in [0.3, 0.4) is 0 Å². The maximum Gasteiger partial charge on any atom is 0.275 e. The first kappa shape index (κ1) is 23.0. The molecule has 2 aromatic carbocycles. The van der Waals surface area contributed by atoms with Crippen LogP contribution in [0.1, 0.15) is 16.2 Å². The van der Waals surface area contributed by atoms with Gasteiger partial charge in [-0.15, -0.1) is 0 Å². The van der Waals surface area contributed by atoms with Gasteiger partial charge in [-0.3, -0.25) is 14.5 Å². The summed E-state index contributed by atoms with van der Waals surface area (Å²) < 4.78 is 34.7. The molecule has 33 heavy (non-hydrogen) atoms. The van der Waals surface area contributed by atoms with Crippen molar-refractivity contribution >= 4 is 44.6 Å². The number of aryl methyl sites for hydroxylation is 1. The molecule has 1 amide bonds. The molecule has 1 aliphatic heterocycles. The zero-order valence-electron chi connectivity index (χ0n) is 17.8. The monoisotopic (exact) mass is 487 g/mol. The van der Waals surface area contributed by atoms with E-state index in [9.17, 15) is 13.2 Å². The SMILES string of the molecule is Cc1cnc(C(=O)Nc2ccc(N3CCOCC3)c(S(=O)(=O)Nc3ccccc3Cl)c2)cn1. The minimum atomic E-state index is -4.04. The number of hydrogen-bond acceptors (Lipinski definition) is 7. The first-order valence-electron chi connectivity index (χ1n) is 10.2. The van der Waals surface area contributed by atoms with Crippen molar-refractivity contribution in [3.05, 3.63) is 71.3 Å². The highest BCUT2D eigenvalue weighted by Crippen LogP contribution is 2.32. The smallest absolute Gasteiger partial charge is 0.275 e. The average molecular weight is 488 g/mol. The molecule has 172 valence electrons. The predicted molar refractivity (Wildman–Crippen MR) is 126 cm³/mol. The number of para-hydroxylation sites is 1. The number of anilines is 3. The van der Waals surface area contributed by atoms with E-state index in [1.807, 2.05) is 4.90 Å². The molecule has 2 heterocycles. The third-order valence-electron chi connectivity index (χ3n) is 4.99. The van der Waals surface area contributed by atoms with Crippen molar-refractivity contribution in [3.8, 4) is 0 Å². The summed E-state index contributed by atoms with van der Waals surface area (Å²) in [6, 6.07) is 11.3. The summed E-state index contributed by atoms with van der Waals surface area (Å²) in [5.41, 5.74) is 1.87. The molecule has 0 unspecified atom stereocenters. The van der Waals surface area contributed by atoms with Gasteiger partial charge in [-0.05, 0) is 37.3 Å². The molecule has 1 aliphatic rings. The van der Waals surface area contributed by atoms with Crippen LogP contribution in [0.15, 0.2) is 59.8 Å². The third-order valence-corrected chi connectivity index (χ3v) is 6.71. The number of aromatic nitrogens is 2. The van der Waals surface area contributed by atoms with E-state index < -0.39 is 15.9 Å². The van der Waals surface area contributed by atoms with Crippen molar-refractivity contribution in [2.45, 2.75) is 11.8 Å². The van der Waals surface area contributed by atoms with Crippen molar-refractivity contribution in [2.24, 2.45) is 0 Å². The minimum absolute atomic E-state index is 0.0112. The molecule has 0 aliphatic carbocycles. The first-order chi connectivity index (χ1) is 15.8. The van der Waals surface area contributed by atoms with E-state index in [0.29, 0.717) is 43.4 Å². The van der Waals surface area contributed by atoms with Gasteiger partial charge in [0.25, 0.3) is 15.9 Å². The Morgan fingerprint density at radius 1 is 1.09 bits per heavy atom. The van der Waals surface area contributed by atoms with Crippen LogP contribution in [0, 0.1) is 6.92 Å². The van der Waals surface area contributed by atoms with E-state index in [1.54, 1.807) is 43.3 Å². The number of benzene rings is 2. The van der Waals surface area contributed by atoms with Gasteiger partial charge in [-0.1, -0.05) is 23.7 Å². The second kappa shape index (κ2) is 9.74. The Morgan fingerprint density at radius 3 is 2.55 bits per heavy atom. The van der Waals surface area contributed by atoms with Crippen LogP contribution < -0.4 is 14.9 Å². The van der Waals surface area contributed by atoms with Gasteiger partial charge in [0, 0.05) is 25.0 Å². The number of nitrogens with one attached hydrogen (secondary N) is 2. The van der Waals surface area contributed by atoms with Crippen LogP contribution in [0.5, 0.6) is 0 Å². The van der Waals surface area contributed by atoms with Gasteiger partial charge in [0.15, 0.2) is 0 Å². The lowest BCUT2D eigenvalue weighted by atomic mass is 10.2. The molecule has 9 nitrogen and oxygen atoms in total. The zero-order chi connectivity index (χ0) is 23.4. The molecule has 1 aromatic heterocycles. The summed E-state index contributed by atoms with van der Waals surface area (Å²) in [5, 5.41) is 2.97. The summed E-state index contributed by atoms with van der Waals surface area (Å²) in [7, 11) is -4.04. The highest BCUT2D eigenvalue weighted by Gasteiger charge is 2.25. The van der Waals surface area contributed by atoms with Crippen molar-refractivity contribution in [1.82, 2.24) is 9.97 Å². The number of sulfonamides is 1. The van der Waals surface area contributed by atoms with Gasteiger partial charge in [-0.2, -0.15) is 0 Å². The molecule has 0 saturated carbocycles. The zero-order valence-corrected chi connectivity index (χ0v) is 19.4. The third kappa shape index (κ3) is 5.41. The normalized spacial score (nSPS) is 14.1. The lowest BCUT2D eigenvalue weighted by Crippen LogP contribution is -2.37. The molecule has 11 heteroatoms. The lowest BCUT2D eigenvalue weighted by molar-refractivity contribution is 0.102. The Balaban J connectivity index is 1.69. The van der Waals surface area contributed by atoms with Crippen LogP contribution in [0.25, 0.3) is 0 Å². The Hall–Kier alpha value is -3.21. The quantitative estimate of drug-likeness (QED) is 0.548. The number of amides is 1. The standard InChI is InChI=1S/C22H22ClN5O4S/c1-15-13-25-19(14-24-15)22(29)26-16-6-7-20(28-8-10-32-11-9-28)21(12-16)33(30,31)27-18-5-3-2-4-17(18)23/h2-7,12-14,27H,8-11H2,1H3,(H,26,29). The van der Waals surface area contributed by atoms with Crippen molar-refractivity contribution in [3.63, 3.8) is 0 Å². The van der Waals surface area contributed by atoms with E-state index in [4.69, 9.17) is 16.3 Å². The van der Waals surface area contributed by atoms with Crippen LogP contribution >= 0.6 is 11.6 Å². The van der Waals surface area contributed by atoms with E-state index in [-0.39, 0.29) is 21.3 Å². The van der Waals surface area contributed by atoms with Gasteiger partial charge in [0.2, 0.25) is 0 Å². The summed E-state index contributed by atoms with van der Waals surface area (Å²) in [5.74, 6) is -0.496. The van der Waals surface area contributed by atoms with Crippen LogP contribution in [-0.4, -0.2) is 50.6 Å². The maximum absolute atomic E-state index is 13.4. The van der Waals surface area contributed by atoms with Gasteiger partial charge < -0.3 is 15.0 Å². The van der Waals surface area contributed by atoms with Crippen molar-refractivity contribution in [1.29, 1.82) is 0 Å². The molecule has 0 spiro atoms. The van der Waals surface area contributed by atoms with E-state index >= 15 is 0 Å². The second-order valence-corrected chi connectivity index (χ2v) is 9.42.